The number of para-hydroxylation sites is 2. The number of nitrogens with zero attached hydrogens (tertiary/aromatic N) is 2. The fourth-order valence-corrected chi connectivity index (χ4v) is 2.73. The third-order valence-electron chi connectivity index (χ3n) is 3.88. The molecule has 0 spiro atoms. The molecule has 0 bridgehead atoms. The number of nitrogens with one attached hydrogen (secondary N) is 1. The van der Waals surface area contributed by atoms with Gasteiger partial charge in [0, 0.05) is 13.1 Å². The monoisotopic (exact) mass is 309 g/mol. The summed E-state index contributed by atoms with van der Waals surface area (Å²) in [7, 11) is 0. The first-order valence-corrected chi connectivity index (χ1v) is 7.69. The number of carbonyl (C=O) groups excluding carboxylic acids is 1. The quantitative estimate of drug-likeness (QED) is 0.785. The van der Waals surface area contributed by atoms with E-state index in [4.69, 9.17) is 0 Å². The van der Waals surface area contributed by atoms with Crippen LogP contribution in [0.4, 0.5) is 0 Å². The van der Waals surface area contributed by atoms with Gasteiger partial charge in [0.25, 0.3) is 0 Å². The predicted octanol–water partition coefficient (Wildman–Crippen LogP) is 2.14. The van der Waals surface area contributed by atoms with Crippen molar-refractivity contribution in [2.45, 2.75) is 26.6 Å². The Morgan fingerprint density at radius 1 is 0.957 bits per heavy atom. The highest BCUT2D eigenvalue weighted by molar-refractivity contribution is 5.80. The van der Waals surface area contributed by atoms with Crippen LogP contribution in [0.25, 0.3) is 11.0 Å². The molecule has 0 atom stereocenters. The molecule has 1 amide bonds. The highest BCUT2D eigenvalue weighted by Gasteiger charge is 2.14. The van der Waals surface area contributed by atoms with Crippen LogP contribution in [0.2, 0.25) is 0 Å². The zero-order valence-electron chi connectivity index (χ0n) is 13.0. The van der Waals surface area contributed by atoms with Gasteiger partial charge in [0.1, 0.15) is 6.54 Å². The summed E-state index contributed by atoms with van der Waals surface area (Å²) in [6.07, 6.45) is 0. The molecule has 0 aliphatic carbocycles. The molecule has 118 valence electrons. The van der Waals surface area contributed by atoms with Gasteiger partial charge in [-0.05, 0) is 24.6 Å². The van der Waals surface area contributed by atoms with Gasteiger partial charge in [-0.25, -0.2) is 4.79 Å². The van der Waals surface area contributed by atoms with Gasteiger partial charge in [-0.1, -0.05) is 42.5 Å². The molecule has 3 rings (SSSR count). The standard InChI is InChI=1S/C18H19N3O2/c1-2-20-15-10-6-7-11-16(15)21(18(20)23)13-17(22)19-12-14-8-4-3-5-9-14/h3-11H,2,12-13H2,1H3,(H,19,22). The molecule has 1 N–H and O–H groups in total. The number of hydrogen-bond acceptors (Lipinski definition) is 2. The van der Waals surface area contributed by atoms with E-state index in [-0.39, 0.29) is 18.1 Å². The van der Waals surface area contributed by atoms with Gasteiger partial charge in [-0.15, -0.1) is 0 Å². The van der Waals surface area contributed by atoms with Crippen molar-refractivity contribution < 1.29 is 4.79 Å². The second kappa shape index (κ2) is 6.52. The van der Waals surface area contributed by atoms with Crippen molar-refractivity contribution in [3.8, 4) is 0 Å². The summed E-state index contributed by atoms with van der Waals surface area (Å²) < 4.78 is 3.21. The van der Waals surface area contributed by atoms with Crippen LogP contribution in [0.1, 0.15) is 12.5 Å². The number of aromatic nitrogens is 2. The number of aryl methyl sites for hydroxylation is 1. The van der Waals surface area contributed by atoms with Crippen molar-refractivity contribution in [3.63, 3.8) is 0 Å². The Morgan fingerprint density at radius 3 is 2.22 bits per heavy atom. The van der Waals surface area contributed by atoms with Crippen LogP contribution in [-0.4, -0.2) is 15.0 Å². The van der Waals surface area contributed by atoms with Crippen LogP contribution in [-0.2, 0) is 24.4 Å². The maximum Gasteiger partial charge on any atom is 0.329 e. The van der Waals surface area contributed by atoms with Crippen molar-refractivity contribution >= 4 is 16.9 Å². The Balaban J connectivity index is 1.80. The van der Waals surface area contributed by atoms with Gasteiger partial charge in [0.2, 0.25) is 5.91 Å². The zero-order valence-corrected chi connectivity index (χ0v) is 13.0. The predicted molar refractivity (Wildman–Crippen MR) is 90.2 cm³/mol. The molecule has 5 heteroatoms. The molecule has 0 radical (unpaired) electrons. The Hall–Kier alpha value is -2.82. The number of amides is 1. The van der Waals surface area contributed by atoms with Crippen molar-refractivity contribution in [2.24, 2.45) is 0 Å². The highest BCUT2D eigenvalue weighted by Crippen LogP contribution is 2.12. The van der Waals surface area contributed by atoms with Crippen LogP contribution in [0.15, 0.2) is 59.4 Å². The van der Waals surface area contributed by atoms with Gasteiger partial charge in [-0.2, -0.15) is 0 Å². The number of hydrogen-bond donors (Lipinski definition) is 1. The number of imidazole rings is 1. The summed E-state index contributed by atoms with van der Waals surface area (Å²) in [4.78, 5) is 24.7. The molecule has 2 aromatic carbocycles. The van der Waals surface area contributed by atoms with Gasteiger partial charge < -0.3 is 5.32 Å². The molecular weight excluding hydrogens is 290 g/mol. The highest BCUT2D eigenvalue weighted by atomic mass is 16.2. The normalized spacial score (nSPS) is 10.8. The Kier molecular flexibility index (Phi) is 4.28. The molecule has 5 nitrogen and oxygen atoms in total. The topological polar surface area (TPSA) is 56.0 Å². The molecule has 0 unspecified atom stereocenters. The third kappa shape index (κ3) is 3.04. The Bertz CT molecular complexity index is 878. The number of carbonyl (C=O) groups is 1. The minimum Gasteiger partial charge on any atom is -0.350 e. The lowest BCUT2D eigenvalue weighted by molar-refractivity contribution is -0.121. The lowest BCUT2D eigenvalue weighted by atomic mass is 10.2. The van der Waals surface area contributed by atoms with Crippen LogP contribution in [0.3, 0.4) is 0 Å². The minimum absolute atomic E-state index is 0.0270. The van der Waals surface area contributed by atoms with Gasteiger partial charge in [0.15, 0.2) is 0 Å². The van der Waals surface area contributed by atoms with Gasteiger partial charge in [-0.3, -0.25) is 13.9 Å². The molecule has 0 aliphatic rings. The molecule has 3 aromatic rings. The Labute approximate surface area is 134 Å². The van der Waals surface area contributed by atoms with Crippen LogP contribution in [0, 0.1) is 0 Å². The zero-order chi connectivity index (χ0) is 16.2. The summed E-state index contributed by atoms with van der Waals surface area (Å²) in [5.41, 5.74) is 2.53. The molecule has 1 heterocycles. The van der Waals surface area contributed by atoms with E-state index in [0.29, 0.717) is 13.1 Å². The SMILES string of the molecule is CCn1c(=O)n(CC(=O)NCc2ccccc2)c2ccccc21. The third-order valence-corrected chi connectivity index (χ3v) is 3.88. The summed E-state index contributed by atoms with van der Waals surface area (Å²) >= 11 is 0. The van der Waals surface area contributed by atoms with Crippen molar-refractivity contribution in [2.75, 3.05) is 0 Å². The average Bonchev–Trinajstić information content (AvgIpc) is 2.85. The van der Waals surface area contributed by atoms with E-state index in [2.05, 4.69) is 5.32 Å². The van der Waals surface area contributed by atoms with Crippen molar-refractivity contribution in [1.82, 2.24) is 14.5 Å². The first-order chi connectivity index (χ1) is 11.2. The molecule has 0 fully saturated rings. The summed E-state index contributed by atoms with van der Waals surface area (Å²) in [5.74, 6) is -0.171. The van der Waals surface area contributed by atoms with Gasteiger partial charge in [0.05, 0.1) is 11.0 Å². The fraction of sp³-hybridized carbons (Fsp3) is 0.222. The largest absolute Gasteiger partial charge is 0.350 e. The van der Waals surface area contributed by atoms with E-state index in [9.17, 15) is 9.59 Å². The van der Waals surface area contributed by atoms with E-state index in [1.54, 1.807) is 4.57 Å². The van der Waals surface area contributed by atoms with Crippen molar-refractivity contribution in [3.05, 3.63) is 70.6 Å². The summed E-state index contributed by atoms with van der Waals surface area (Å²) in [5, 5.41) is 2.86. The minimum atomic E-state index is -0.171. The van der Waals surface area contributed by atoms with E-state index in [0.717, 1.165) is 16.6 Å². The number of fused-ring (bicyclic) bond motifs is 1. The molecular formula is C18H19N3O2. The smallest absolute Gasteiger partial charge is 0.329 e. The van der Waals surface area contributed by atoms with Crippen LogP contribution < -0.4 is 11.0 Å². The molecule has 0 aliphatic heterocycles. The molecule has 23 heavy (non-hydrogen) atoms. The lowest BCUT2D eigenvalue weighted by Gasteiger charge is -2.06. The van der Waals surface area contributed by atoms with E-state index < -0.39 is 0 Å². The fourth-order valence-electron chi connectivity index (χ4n) is 2.73. The van der Waals surface area contributed by atoms with Crippen LogP contribution in [0.5, 0.6) is 0 Å². The average molecular weight is 309 g/mol. The van der Waals surface area contributed by atoms with E-state index >= 15 is 0 Å². The maximum atomic E-state index is 12.5. The first-order valence-electron chi connectivity index (χ1n) is 7.69. The van der Waals surface area contributed by atoms with E-state index in [1.165, 1.54) is 4.57 Å². The second-order valence-corrected chi connectivity index (χ2v) is 5.36. The van der Waals surface area contributed by atoms with E-state index in [1.807, 2.05) is 61.5 Å². The molecule has 1 aromatic heterocycles. The molecule has 0 saturated carbocycles. The van der Waals surface area contributed by atoms with Gasteiger partial charge >= 0.3 is 5.69 Å². The van der Waals surface area contributed by atoms with Crippen LogP contribution >= 0.6 is 0 Å². The second-order valence-electron chi connectivity index (χ2n) is 5.36. The first kappa shape index (κ1) is 15.1. The maximum absolute atomic E-state index is 12.5. The lowest BCUT2D eigenvalue weighted by Crippen LogP contribution is -2.32. The number of rotatable bonds is 5. The Morgan fingerprint density at radius 2 is 1.57 bits per heavy atom. The molecule has 0 saturated heterocycles. The summed E-state index contributed by atoms with van der Waals surface area (Å²) in [6, 6.07) is 17.2. The van der Waals surface area contributed by atoms with Crippen molar-refractivity contribution in [1.29, 1.82) is 0 Å². The summed E-state index contributed by atoms with van der Waals surface area (Å²) in [6.45, 7) is 2.99. The number of benzene rings is 2.